The maximum Gasteiger partial charge on any atom is 0.310 e. The van der Waals surface area contributed by atoms with Crippen molar-refractivity contribution in [3.05, 3.63) is 30.0 Å². The van der Waals surface area contributed by atoms with Gasteiger partial charge in [-0.05, 0) is 30.0 Å². The van der Waals surface area contributed by atoms with Crippen molar-refractivity contribution in [3.63, 3.8) is 0 Å². The fraction of sp³-hybridized carbons (Fsp3) is 0.412. The van der Waals surface area contributed by atoms with Crippen molar-refractivity contribution in [2.45, 2.75) is 12.8 Å². The van der Waals surface area contributed by atoms with Gasteiger partial charge in [0.15, 0.2) is 0 Å². The molecule has 2 aromatic rings. The SMILES string of the molecule is COc1ccc2c(C(C)C(=O)O)cnc(N3CCOCC3)c2c1. The van der Waals surface area contributed by atoms with E-state index in [0.717, 1.165) is 35.4 Å². The van der Waals surface area contributed by atoms with Crippen molar-refractivity contribution in [3.8, 4) is 5.75 Å². The molecule has 1 atom stereocenters. The van der Waals surface area contributed by atoms with Gasteiger partial charge in [-0.1, -0.05) is 6.07 Å². The van der Waals surface area contributed by atoms with Crippen LogP contribution in [-0.4, -0.2) is 49.5 Å². The van der Waals surface area contributed by atoms with Gasteiger partial charge in [-0.3, -0.25) is 4.79 Å². The maximum absolute atomic E-state index is 11.4. The van der Waals surface area contributed by atoms with E-state index in [1.54, 1.807) is 20.2 Å². The number of rotatable bonds is 4. The molecule has 23 heavy (non-hydrogen) atoms. The molecule has 1 fully saturated rings. The number of aliphatic carboxylic acids is 1. The molecule has 1 N–H and O–H groups in total. The number of benzene rings is 1. The second kappa shape index (κ2) is 6.42. The lowest BCUT2D eigenvalue weighted by Gasteiger charge is -2.29. The summed E-state index contributed by atoms with van der Waals surface area (Å²) in [7, 11) is 1.62. The molecule has 0 amide bonds. The van der Waals surface area contributed by atoms with Crippen LogP contribution >= 0.6 is 0 Å². The van der Waals surface area contributed by atoms with Crippen LogP contribution in [0.2, 0.25) is 0 Å². The first-order chi connectivity index (χ1) is 11.1. The third-order valence-electron chi connectivity index (χ3n) is 4.25. The Bertz CT molecular complexity index is 726. The molecule has 6 heteroatoms. The number of carboxylic acids is 1. The maximum atomic E-state index is 11.4. The van der Waals surface area contributed by atoms with E-state index < -0.39 is 11.9 Å². The van der Waals surface area contributed by atoms with E-state index in [1.165, 1.54) is 0 Å². The summed E-state index contributed by atoms with van der Waals surface area (Å²) in [6.07, 6.45) is 1.68. The summed E-state index contributed by atoms with van der Waals surface area (Å²) in [5.41, 5.74) is 0.715. The molecule has 1 aromatic carbocycles. The number of morpholine rings is 1. The highest BCUT2D eigenvalue weighted by Crippen LogP contribution is 2.34. The van der Waals surface area contributed by atoms with E-state index in [-0.39, 0.29) is 0 Å². The first-order valence-corrected chi connectivity index (χ1v) is 7.64. The summed E-state index contributed by atoms with van der Waals surface area (Å²) in [5.74, 6) is 0.109. The lowest BCUT2D eigenvalue weighted by atomic mass is 9.96. The van der Waals surface area contributed by atoms with Crippen LogP contribution in [0, 0.1) is 0 Å². The average Bonchev–Trinajstić information content (AvgIpc) is 2.60. The first kappa shape index (κ1) is 15.6. The van der Waals surface area contributed by atoms with E-state index in [4.69, 9.17) is 9.47 Å². The van der Waals surface area contributed by atoms with Crippen LogP contribution in [0.25, 0.3) is 10.8 Å². The summed E-state index contributed by atoms with van der Waals surface area (Å²) in [4.78, 5) is 18.1. The Balaban J connectivity index is 2.17. The number of pyridine rings is 1. The highest BCUT2D eigenvalue weighted by atomic mass is 16.5. The largest absolute Gasteiger partial charge is 0.497 e. The molecule has 1 saturated heterocycles. The van der Waals surface area contributed by atoms with Crippen LogP contribution < -0.4 is 9.64 Å². The number of carboxylic acid groups (broad SMARTS) is 1. The summed E-state index contributed by atoms with van der Waals surface area (Å²) >= 11 is 0. The van der Waals surface area contributed by atoms with Gasteiger partial charge in [0.25, 0.3) is 0 Å². The number of anilines is 1. The molecule has 0 saturated carbocycles. The molecule has 122 valence electrons. The fourth-order valence-electron chi connectivity index (χ4n) is 2.86. The van der Waals surface area contributed by atoms with E-state index in [0.29, 0.717) is 18.8 Å². The fourth-order valence-corrected chi connectivity index (χ4v) is 2.86. The van der Waals surface area contributed by atoms with Crippen LogP contribution in [0.4, 0.5) is 5.82 Å². The number of nitrogens with zero attached hydrogens (tertiary/aromatic N) is 2. The molecular weight excluding hydrogens is 296 g/mol. The van der Waals surface area contributed by atoms with Gasteiger partial charge in [-0.2, -0.15) is 0 Å². The molecule has 1 aliphatic rings. The standard InChI is InChI=1S/C17H20N2O4/c1-11(17(20)21)15-10-18-16(19-5-7-23-8-6-19)14-9-12(22-2)3-4-13(14)15/h3-4,9-11H,5-8H2,1-2H3,(H,20,21). The van der Waals surface area contributed by atoms with Crippen LogP contribution in [0.15, 0.2) is 24.4 Å². The van der Waals surface area contributed by atoms with Gasteiger partial charge in [0.1, 0.15) is 11.6 Å². The van der Waals surface area contributed by atoms with Crippen LogP contribution in [0.1, 0.15) is 18.4 Å². The molecule has 1 aromatic heterocycles. The Morgan fingerprint density at radius 2 is 2.09 bits per heavy atom. The Kier molecular flexibility index (Phi) is 4.34. The highest BCUT2D eigenvalue weighted by molar-refractivity contribution is 5.97. The number of methoxy groups -OCH3 is 1. The third kappa shape index (κ3) is 2.94. The molecule has 1 aliphatic heterocycles. The molecule has 2 heterocycles. The number of aromatic nitrogens is 1. The average molecular weight is 316 g/mol. The lowest BCUT2D eigenvalue weighted by Crippen LogP contribution is -2.37. The summed E-state index contributed by atoms with van der Waals surface area (Å²) in [5, 5.41) is 11.1. The van der Waals surface area contributed by atoms with Crippen LogP contribution in [0.5, 0.6) is 5.75 Å². The quantitative estimate of drug-likeness (QED) is 0.933. The molecule has 0 aliphatic carbocycles. The molecule has 0 bridgehead atoms. The minimum absolute atomic E-state index is 0.614. The monoisotopic (exact) mass is 316 g/mol. The van der Waals surface area contributed by atoms with E-state index >= 15 is 0 Å². The summed E-state index contributed by atoms with van der Waals surface area (Å²) in [6.45, 7) is 4.55. The van der Waals surface area contributed by atoms with Crippen molar-refractivity contribution in [2.24, 2.45) is 0 Å². The zero-order valence-electron chi connectivity index (χ0n) is 13.3. The number of fused-ring (bicyclic) bond motifs is 1. The van der Waals surface area contributed by atoms with Crippen LogP contribution in [-0.2, 0) is 9.53 Å². The molecule has 6 nitrogen and oxygen atoms in total. The first-order valence-electron chi connectivity index (χ1n) is 7.64. The summed E-state index contributed by atoms with van der Waals surface area (Å²) < 4.78 is 10.7. The highest BCUT2D eigenvalue weighted by Gasteiger charge is 2.21. The topological polar surface area (TPSA) is 71.9 Å². The molecule has 3 rings (SSSR count). The van der Waals surface area contributed by atoms with E-state index in [1.807, 2.05) is 18.2 Å². The second-order valence-corrected chi connectivity index (χ2v) is 5.61. The van der Waals surface area contributed by atoms with Crippen molar-refractivity contribution in [1.29, 1.82) is 0 Å². The second-order valence-electron chi connectivity index (χ2n) is 5.61. The predicted molar refractivity (Wildman–Crippen MR) is 87.4 cm³/mol. The molecule has 0 radical (unpaired) electrons. The van der Waals surface area contributed by atoms with E-state index in [9.17, 15) is 9.90 Å². The molecule has 1 unspecified atom stereocenters. The smallest absolute Gasteiger partial charge is 0.310 e. The van der Waals surface area contributed by atoms with Crippen molar-refractivity contribution in [1.82, 2.24) is 4.98 Å². The number of carbonyl (C=O) groups is 1. The summed E-state index contributed by atoms with van der Waals surface area (Å²) in [6, 6.07) is 5.68. The zero-order chi connectivity index (χ0) is 16.4. The van der Waals surface area contributed by atoms with Gasteiger partial charge < -0.3 is 19.5 Å². The molecular formula is C17H20N2O4. The van der Waals surface area contributed by atoms with Gasteiger partial charge in [0, 0.05) is 24.7 Å². The normalized spacial score (nSPS) is 16.3. The van der Waals surface area contributed by atoms with Crippen molar-refractivity contribution < 1.29 is 19.4 Å². The Labute approximate surface area is 134 Å². The van der Waals surface area contributed by atoms with Gasteiger partial charge in [-0.25, -0.2) is 4.98 Å². The van der Waals surface area contributed by atoms with Gasteiger partial charge in [0.2, 0.25) is 0 Å². The Morgan fingerprint density at radius 1 is 1.35 bits per heavy atom. The van der Waals surface area contributed by atoms with Gasteiger partial charge >= 0.3 is 5.97 Å². The van der Waals surface area contributed by atoms with Crippen LogP contribution in [0.3, 0.4) is 0 Å². The zero-order valence-corrected chi connectivity index (χ0v) is 13.3. The Hall–Kier alpha value is -2.34. The van der Waals surface area contributed by atoms with Gasteiger partial charge in [-0.15, -0.1) is 0 Å². The lowest BCUT2D eigenvalue weighted by molar-refractivity contribution is -0.138. The van der Waals surface area contributed by atoms with E-state index in [2.05, 4.69) is 9.88 Å². The Morgan fingerprint density at radius 3 is 2.74 bits per heavy atom. The number of hydrogen-bond acceptors (Lipinski definition) is 5. The van der Waals surface area contributed by atoms with Crippen molar-refractivity contribution in [2.75, 3.05) is 38.3 Å². The van der Waals surface area contributed by atoms with Crippen molar-refractivity contribution >= 4 is 22.6 Å². The van der Waals surface area contributed by atoms with Gasteiger partial charge in [0.05, 0.1) is 26.2 Å². The predicted octanol–water partition coefficient (Wildman–Crippen LogP) is 2.27. The third-order valence-corrected chi connectivity index (χ3v) is 4.25. The molecule has 0 spiro atoms. The minimum Gasteiger partial charge on any atom is -0.497 e. The minimum atomic E-state index is -0.858. The number of ether oxygens (including phenoxy) is 2. The number of hydrogen-bond donors (Lipinski definition) is 1.